The van der Waals surface area contributed by atoms with E-state index in [1.807, 2.05) is 0 Å². The number of hydroxylamine groups is 1. The highest BCUT2D eigenvalue weighted by molar-refractivity contribution is 9.10. The second-order valence-corrected chi connectivity index (χ2v) is 6.70. The number of nitrogens with one attached hydrogen (secondary N) is 2. The Bertz CT molecular complexity index is 881. The van der Waals surface area contributed by atoms with Gasteiger partial charge in [-0.25, -0.2) is 9.87 Å². The first kappa shape index (κ1) is 18.6. The van der Waals surface area contributed by atoms with Gasteiger partial charge >= 0.3 is 0 Å². The third-order valence-corrected chi connectivity index (χ3v) is 4.62. The van der Waals surface area contributed by atoms with Gasteiger partial charge in [-0.15, -0.1) is 0 Å². The van der Waals surface area contributed by atoms with Crippen molar-refractivity contribution in [3.63, 3.8) is 0 Å². The Labute approximate surface area is 157 Å². The molecule has 0 aliphatic heterocycles. The fourth-order valence-electron chi connectivity index (χ4n) is 3.02. The standard InChI is InChI=1S/C17H17BrFN3O4/c1-22-15-10(3-5-13(15)24)14(17(25)21-26-7-6-23)16(22)20-12-4-2-9(18)8-11(12)19/h2,4,8,20,23H,3,5-7H2,1H3,(H,21,25). The minimum atomic E-state index is -0.565. The lowest BCUT2D eigenvalue weighted by Gasteiger charge is -2.13. The predicted molar refractivity (Wildman–Crippen MR) is 96.0 cm³/mol. The zero-order valence-corrected chi connectivity index (χ0v) is 15.5. The molecule has 1 aliphatic rings. The Hall–Kier alpha value is -2.23. The second kappa shape index (κ2) is 7.56. The van der Waals surface area contributed by atoms with Crippen LogP contribution in [-0.2, 0) is 18.3 Å². The average molecular weight is 426 g/mol. The zero-order valence-electron chi connectivity index (χ0n) is 13.9. The van der Waals surface area contributed by atoms with Crippen LogP contribution in [0, 0.1) is 5.82 Å². The fraction of sp³-hybridized carbons (Fsp3) is 0.294. The van der Waals surface area contributed by atoms with Gasteiger partial charge in [-0.3, -0.25) is 14.4 Å². The van der Waals surface area contributed by atoms with Gasteiger partial charge in [0.2, 0.25) is 0 Å². The third kappa shape index (κ3) is 3.37. The van der Waals surface area contributed by atoms with Gasteiger partial charge in [-0.05, 0) is 30.2 Å². The summed E-state index contributed by atoms with van der Waals surface area (Å²) in [6.45, 7) is -0.315. The van der Waals surface area contributed by atoms with Crippen molar-refractivity contribution in [2.45, 2.75) is 12.8 Å². The molecule has 0 radical (unpaired) electrons. The summed E-state index contributed by atoms with van der Waals surface area (Å²) in [6.07, 6.45) is 0.748. The van der Waals surface area contributed by atoms with Crippen molar-refractivity contribution in [2.24, 2.45) is 7.05 Å². The summed E-state index contributed by atoms with van der Waals surface area (Å²) in [5.41, 5.74) is 3.67. The van der Waals surface area contributed by atoms with Gasteiger partial charge < -0.3 is 15.0 Å². The highest BCUT2D eigenvalue weighted by Gasteiger charge is 2.33. The first-order valence-corrected chi connectivity index (χ1v) is 8.73. The fourth-order valence-corrected chi connectivity index (χ4v) is 3.35. The molecule has 0 atom stereocenters. The number of rotatable bonds is 6. The van der Waals surface area contributed by atoms with Crippen LogP contribution in [0.4, 0.5) is 15.9 Å². The van der Waals surface area contributed by atoms with E-state index < -0.39 is 11.7 Å². The van der Waals surface area contributed by atoms with Gasteiger partial charge in [0.05, 0.1) is 30.2 Å². The number of aliphatic hydroxyl groups is 1. The quantitative estimate of drug-likeness (QED) is 0.488. The number of hydrogen-bond acceptors (Lipinski definition) is 5. The monoisotopic (exact) mass is 425 g/mol. The average Bonchev–Trinajstić information content (AvgIpc) is 3.09. The molecule has 1 aliphatic carbocycles. The molecule has 26 heavy (non-hydrogen) atoms. The van der Waals surface area contributed by atoms with Crippen LogP contribution in [0.15, 0.2) is 22.7 Å². The molecule has 1 heterocycles. The number of fused-ring (bicyclic) bond motifs is 1. The van der Waals surface area contributed by atoms with Gasteiger partial charge in [0.15, 0.2) is 5.78 Å². The molecule has 1 aromatic heterocycles. The molecule has 138 valence electrons. The van der Waals surface area contributed by atoms with Gasteiger partial charge in [0, 0.05) is 17.9 Å². The number of ketones is 1. The van der Waals surface area contributed by atoms with Gasteiger partial charge in [-0.2, -0.15) is 0 Å². The Balaban J connectivity index is 2.02. The molecule has 0 bridgehead atoms. The lowest BCUT2D eigenvalue weighted by atomic mass is 10.1. The smallest absolute Gasteiger partial charge is 0.278 e. The van der Waals surface area contributed by atoms with E-state index in [2.05, 4.69) is 26.7 Å². The van der Waals surface area contributed by atoms with E-state index >= 15 is 0 Å². The molecule has 0 saturated heterocycles. The molecule has 0 unspecified atom stereocenters. The maximum Gasteiger partial charge on any atom is 0.278 e. The topological polar surface area (TPSA) is 92.6 Å². The van der Waals surface area contributed by atoms with E-state index in [9.17, 15) is 14.0 Å². The molecular formula is C17H17BrFN3O4. The predicted octanol–water partition coefficient (Wildman–Crippen LogP) is 2.45. The van der Waals surface area contributed by atoms with Crippen molar-refractivity contribution >= 4 is 39.1 Å². The highest BCUT2D eigenvalue weighted by atomic mass is 79.9. The molecule has 1 aromatic carbocycles. The Morgan fingerprint density at radius 1 is 1.42 bits per heavy atom. The molecular weight excluding hydrogens is 409 g/mol. The van der Waals surface area contributed by atoms with E-state index in [4.69, 9.17) is 9.94 Å². The summed E-state index contributed by atoms with van der Waals surface area (Å²) in [6, 6.07) is 4.49. The summed E-state index contributed by atoms with van der Waals surface area (Å²) in [5, 5.41) is 11.7. The highest BCUT2D eigenvalue weighted by Crippen LogP contribution is 2.35. The van der Waals surface area contributed by atoms with Crippen LogP contribution in [0.3, 0.4) is 0 Å². The summed E-state index contributed by atoms with van der Waals surface area (Å²) in [5.74, 6) is -0.841. The van der Waals surface area contributed by atoms with Crippen LogP contribution < -0.4 is 10.8 Å². The number of hydrogen-bond donors (Lipinski definition) is 3. The Morgan fingerprint density at radius 2 is 2.19 bits per heavy atom. The minimum Gasteiger partial charge on any atom is -0.394 e. The van der Waals surface area contributed by atoms with Crippen LogP contribution in [0.1, 0.15) is 32.8 Å². The Kier molecular flexibility index (Phi) is 5.40. The largest absolute Gasteiger partial charge is 0.394 e. The van der Waals surface area contributed by atoms with Crippen LogP contribution >= 0.6 is 15.9 Å². The summed E-state index contributed by atoms with van der Waals surface area (Å²) in [4.78, 5) is 29.6. The first-order chi connectivity index (χ1) is 12.4. The second-order valence-electron chi connectivity index (χ2n) is 5.79. The van der Waals surface area contributed by atoms with Gasteiger partial charge in [0.1, 0.15) is 11.6 Å². The van der Waals surface area contributed by atoms with E-state index in [-0.39, 0.29) is 30.2 Å². The summed E-state index contributed by atoms with van der Waals surface area (Å²) < 4.78 is 16.4. The number of benzene rings is 1. The van der Waals surface area contributed by atoms with Crippen molar-refractivity contribution in [2.75, 3.05) is 18.5 Å². The number of amides is 1. The van der Waals surface area contributed by atoms with Crippen molar-refractivity contribution in [3.05, 3.63) is 45.3 Å². The van der Waals surface area contributed by atoms with Crippen molar-refractivity contribution in [3.8, 4) is 0 Å². The van der Waals surface area contributed by atoms with Crippen LogP contribution in [0.5, 0.6) is 0 Å². The molecule has 3 rings (SSSR count). The first-order valence-electron chi connectivity index (χ1n) is 7.93. The number of Topliss-reactive ketones (excluding diaryl/α,β-unsaturated/α-hetero) is 1. The maximum absolute atomic E-state index is 14.2. The molecule has 3 N–H and O–H groups in total. The van der Waals surface area contributed by atoms with Gasteiger partial charge in [0.25, 0.3) is 5.91 Å². The van der Waals surface area contributed by atoms with Crippen molar-refractivity contribution < 1.29 is 23.9 Å². The van der Waals surface area contributed by atoms with Crippen LogP contribution in [0.25, 0.3) is 0 Å². The normalized spacial score (nSPS) is 13.0. The number of anilines is 2. The third-order valence-electron chi connectivity index (χ3n) is 4.13. The molecule has 7 nitrogen and oxygen atoms in total. The van der Waals surface area contributed by atoms with Gasteiger partial charge in [-0.1, -0.05) is 15.9 Å². The molecule has 2 aromatic rings. The molecule has 0 spiro atoms. The number of aromatic nitrogens is 1. The van der Waals surface area contributed by atoms with E-state index in [1.54, 1.807) is 17.7 Å². The van der Waals surface area contributed by atoms with Crippen molar-refractivity contribution in [1.82, 2.24) is 10.0 Å². The van der Waals surface area contributed by atoms with E-state index in [0.29, 0.717) is 34.4 Å². The lowest BCUT2D eigenvalue weighted by molar-refractivity contribution is 0.0168. The number of carbonyl (C=O) groups is 2. The maximum atomic E-state index is 14.2. The molecule has 0 saturated carbocycles. The molecule has 0 fully saturated rings. The van der Waals surface area contributed by atoms with E-state index in [0.717, 1.165) is 0 Å². The number of aliphatic hydroxyl groups excluding tert-OH is 1. The van der Waals surface area contributed by atoms with Crippen LogP contribution in [-0.4, -0.2) is 34.6 Å². The molecule has 9 heteroatoms. The minimum absolute atomic E-state index is 0.0657. The summed E-state index contributed by atoms with van der Waals surface area (Å²) in [7, 11) is 1.65. The van der Waals surface area contributed by atoms with E-state index in [1.165, 1.54) is 12.1 Å². The molecule has 1 amide bonds. The van der Waals surface area contributed by atoms with Crippen LogP contribution in [0.2, 0.25) is 0 Å². The number of halogens is 2. The zero-order chi connectivity index (χ0) is 18.8. The number of carbonyl (C=O) groups excluding carboxylic acids is 2. The SMILES string of the molecule is Cn1c(Nc2ccc(Br)cc2F)c(C(=O)NOCCO)c2c1C(=O)CC2. The number of nitrogens with zero attached hydrogens (tertiary/aromatic N) is 1. The van der Waals surface area contributed by atoms with Crippen molar-refractivity contribution in [1.29, 1.82) is 0 Å². The Morgan fingerprint density at radius 3 is 2.88 bits per heavy atom. The lowest BCUT2D eigenvalue weighted by Crippen LogP contribution is -2.26. The summed E-state index contributed by atoms with van der Waals surface area (Å²) >= 11 is 3.19.